The first-order valence-corrected chi connectivity index (χ1v) is 7.64. The molecule has 0 saturated carbocycles. The van der Waals surface area contributed by atoms with Crippen molar-refractivity contribution in [1.82, 2.24) is 14.9 Å². The summed E-state index contributed by atoms with van der Waals surface area (Å²) in [5.41, 5.74) is 0.0710. The fraction of sp³-hybridized carbons (Fsp3) is 0.333. The van der Waals surface area contributed by atoms with Gasteiger partial charge in [-0.1, -0.05) is 41.7 Å². The molecule has 1 aromatic carbocycles. The number of hydrogen-bond acceptors (Lipinski definition) is 5. The number of aromatic nitrogens is 2. The maximum Gasteiger partial charge on any atom is 0.315 e. The van der Waals surface area contributed by atoms with Crippen LogP contribution in [0.25, 0.3) is 0 Å². The van der Waals surface area contributed by atoms with E-state index in [0.29, 0.717) is 22.6 Å². The molecule has 2 rings (SSSR count). The molecule has 0 aliphatic carbocycles. The second-order valence-corrected chi connectivity index (χ2v) is 5.84. The van der Waals surface area contributed by atoms with Gasteiger partial charge in [0.15, 0.2) is 0 Å². The lowest BCUT2D eigenvalue weighted by atomic mass is 9.82. The van der Waals surface area contributed by atoms with Crippen LogP contribution >= 0.6 is 11.5 Å². The van der Waals surface area contributed by atoms with Crippen molar-refractivity contribution in [3.05, 3.63) is 46.5 Å². The maximum absolute atomic E-state index is 12.2. The van der Waals surface area contributed by atoms with Crippen molar-refractivity contribution >= 4 is 23.4 Å². The lowest BCUT2D eigenvalue weighted by Gasteiger charge is -2.25. The van der Waals surface area contributed by atoms with Crippen molar-refractivity contribution in [1.29, 1.82) is 0 Å². The van der Waals surface area contributed by atoms with E-state index in [1.54, 1.807) is 31.2 Å². The standard InChI is InChI=1S/C15H17N3O3S/c1-3-11-12(22-18-17-11)13(19)16-9-15(2,14(20)21)10-7-5-4-6-8-10/h4-8H,3,9H2,1-2H3,(H,16,19)(H,20,21). The van der Waals surface area contributed by atoms with Gasteiger partial charge in [0.2, 0.25) is 0 Å². The smallest absolute Gasteiger partial charge is 0.315 e. The van der Waals surface area contributed by atoms with Gasteiger partial charge in [-0.05, 0) is 30.4 Å². The predicted molar refractivity (Wildman–Crippen MR) is 83.1 cm³/mol. The van der Waals surface area contributed by atoms with Crippen LogP contribution in [0, 0.1) is 0 Å². The molecule has 0 aliphatic heterocycles. The van der Waals surface area contributed by atoms with Gasteiger partial charge in [-0.2, -0.15) is 0 Å². The Bertz CT molecular complexity index is 672. The Morgan fingerprint density at radius 1 is 1.32 bits per heavy atom. The average molecular weight is 319 g/mol. The van der Waals surface area contributed by atoms with E-state index in [-0.39, 0.29) is 12.5 Å². The largest absolute Gasteiger partial charge is 0.481 e. The Hall–Kier alpha value is -2.28. The summed E-state index contributed by atoms with van der Waals surface area (Å²) in [6, 6.07) is 8.86. The van der Waals surface area contributed by atoms with Crippen LogP contribution in [-0.4, -0.2) is 33.1 Å². The van der Waals surface area contributed by atoms with Crippen LogP contribution in [0.4, 0.5) is 0 Å². The first-order valence-electron chi connectivity index (χ1n) is 6.87. The first-order chi connectivity index (χ1) is 10.5. The number of benzene rings is 1. The number of aliphatic carboxylic acids is 1. The zero-order valence-electron chi connectivity index (χ0n) is 12.4. The quantitative estimate of drug-likeness (QED) is 0.848. The molecule has 116 valence electrons. The molecular weight excluding hydrogens is 302 g/mol. The van der Waals surface area contributed by atoms with Gasteiger partial charge in [0.25, 0.3) is 5.91 Å². The zero-order valence-corrected chi connectivity index (χ0v) is 13.2. The van der Waals surface area contributed by atoms with Crippen molar-refractivity contribution in [3.63, 3.8) is 0 Å². The van der Waals surface area contributed by atoms with Crippen molar-refractivity contribution in [2.45, 2.75) is 25.7 Å². The minimum atomic E-state index is -1.19. The third-order valence-electron chi connectivity index (χ3n) is 3.58. The van der Waals surface area contributed by atoms with Gasteiger partial charge in [-0.15, -0.1) is 5.10 Å². The molecule has 7 heteroatoms. The van der Waals surface area contributed by atoms with E-state index in [1.165, 1.54) is 0 Å². The highest BCUT2D eigenvalue weighted by Gasteiger charge is 2.35. The number of rotatable bonds is 6. The highest BCUT2D eigenvalue weighted by Crippen LogP contribution is 2.23. The molecule has 22 heavy (non-hydrogen) atoms. The minimum absolute atomic E-state index is 0.00770. The summed E-state index contributed by atoms with van der Waals surface area (Å²) in [6.45, 7) is 3.47. The van der Waals surface area contributed by atoms with Crippen LogP contribution < -0.4 is 5.32 Å². The Labute approximate surface area is 132 Å². The lowest BCUT2D eigenvalue weighted by Crippen LogP contribution is -2.44. The normalized spacial score (nSPS) is 13.4. The molecule has 0 bridgehead atoms. The summed E-state index contributed by atoms with van der Waals surface area (Å²) >= 11 is 1.02. The van der Waals surface area contributed by atoms with Crippen molar-refractivity contribution < 1.29 is 14.7 Å². The van der Waals surface area contributed by atoms with E-state index in [9.17, 15) is 14.7 Å². The van der Waals surface area contributed by atoms with E-state index < -0.39 is 11.4 Å². The van der Waals surface area contributed by atoms with E-state index in [0.717, 1.165) is 11.5 Å². The molecule has 2 aromatic rings. The third-order valence-corrected chi connectivity index (χ3v) is 4.35. The Morgan fingerprint density at radius 2 is 2.00 bits per heavy atom. The molecule has 1 aromatic heterocycles. The number of carboxylic acids is 1. The molecule has 0 aliphatic rings. The molecule has 0 radical (unpaired) electrons. The Balaban J connectivity index is 2.17. The second kappa shape index (κ2) is 6.65. The van der Waals surface area contributed by atoms with Gasteiger partial charge in [-0.3, -0.25) is 9.59 Å². The molecule has 1 atom stereocenters. The van der Waals surface area contributed by atoms with Crippen LogP contribution in [0.5, 0.6) is 0 Å². The SMILES string of the molecule is CCc1nnsc1C(=O)NCC(C)(C(=O)O)c1ccccc1. The lowest BCUT2D eigenvalue weighted by molar-refractivity contribution is -0.142. The Kier molecular flexibility index (Phi) is 4.87. The molecule has 1 heterocycles. The van der Waals surface area contributed by atoms with Crippen molar-refractivity contribution in [2.75, 3.05) is 6.54 Å². The summed E-state index contributed by atoms with van der Waals surface area (Å²) in [5, 5.41) is 16.1. The predicted octanol–water partition coefficient (Wildman–Crippen LogP) is 1.87. The van der Waals surface area contributed by atoms with Crippen LogP contribution in [0.2, 0.25) is 0 Å². The molecule has 6 nitrogen and oxygen atoms in total. The summed E-state index contributed by atoms with van der Waals surface area (Å²) in [4.78, 5) is 24.3. The number of carbonyl (C=O) groups is 2. The highest BCUT2D eigenvalue weighted by atomic mass is 32.1. The van der Waals surface area contributed by atoms with Gasteiger partial charge in [0.1, 0.15) is 10.3 Å². The topological polar surface area (TPSA) is 92.2 Å². The zero-order chi connectivity index (χ0) is 16.2. The van der Waals surface area contributed by atoms with E-state index >= 15 is 0 Å². The molecule has 0 fully saturated rings. The van der Waals surface area contributed by atoms with Crippen LogP contribution in [0.15, 0.2) is 30.3 Å². The average Bonchev–Trinajstić information content (AvgIpc) is 3.01. The van der Waals surface area contributed by atoms with Gasteiger partial charge in [-0.25, -0.2) is 0 Å². The summed E-state index contributed by atoms with van der Waals surface area (Å²) in [5.74, 6) is -1.33. The monoisotopic (exact) mass is 319 g/mol. The number of amides is 1. The summed E-state index contributed by atoms with van der Waals surface area (Å²) < 4.78 is 3.77. The number of carboxylic acid groups (broad SMARTS) is 1. The summed E-state index contributed by atoms with van der Waals surface area (Å²) in [7, 11) is 0. The molecule has 1 amide bonds. The van der Waals surface area contributed by atoms with Gasteiger partial charge >= 0.3 is 5.97 Å². The van der Waals surface area contributed by atoms with Crippen molar-refractivity contribution in [3.8, 4) is 0 Å². The van der Waals surface area contributed by atoms with Crippen LogP contribution in [0.3, 0.4) is 0 Å². The third kappa shape index (κ3) is 3.14. The van der Waals surface area contributed by atoms with Gasteiger partial charge < -0.3 is 10.4 Å². The van der Waals surface area contributed by atoms with E-state index in [2.05, 4.69) is 14.9 Å². The Morgan fingerprint density at radius 3 is 2.59 bits per heavy atom. The molecular formula is C15H17N3O3S. The number of nitrogens with zero attached hydrogens (tertiary/aromatic N) is 2. The van der Waals surface area contributed by atoms with Crippen LogP contribution in [-0.2, 0) is 16.6 Å². The van der Waals surface area contributed by atoms with Crippen molar-refractivity contribution in [2.24, 2.45) is 0 Å². The fourth-order valence-electron chi connectivity index (χ4n) is 2.06. The first kappa shape index (κ1) is 16.1. The molecule has 0 spiro atoms. The molecule has 2 N–H and O–H groups in total. The second-order valence-electron chi connectivity index (χ2n) is 5.09. The fourth-order valence-corrected chi connectivity index (χ4v) is 2.72. The van der Waals surface area contributed by atoms with E-state index in [4.69, 9.17) is 0 Å². The maximum atomic E-state index is 12.2. The number of carbonyl (C=O) groups excluding carboxylic acids is 1. The highest BCUT2D eigenvalue weighted by molar-refractivity contribution is 7.08. The number of nitrogens with one attached hydrogen (secondary N) is 1. The molecule has 1 unspecified atom stereocenters. The minimum Gasteiger partial charge on any atom is -0.481 e. The van der Waals surface area contributed by atoms with Gasteiger partial charge in [0, 0.05) is 6.54 Å². The van der Waals surface area contributed by atoms with E-state index in [1.807, 2.05) is 13.0 Å². The number of hydrogen-bond donors (Lipinski definition) is 2. The van der Waals surface area contributed by atoms with Crippen LogP contribution in [0.1, 0.15) is 34.8 Å². The summed E-state index contributed by atoms with van der Waals surface area (Å²) in [6.07, 6.45) is 0.605. The van der Waals surface area contributed by atoms with Gasteiger partial charge in [0.05, 0.1) is 5.69 Å². The number of aryl methyl sites for hydroxylation is 1. The molecule has 0 saturated heterocycles.